The minimum Gasteiger partial charge on any atom is -0.490 e. The van der Waals surface area contributed by atoms with Crippen LogP contribution in [0.3, 0.4) is 0 Å². The van der Waals surface area contributed by atoms with Crippen molar-refractivity contribution in [1.29, 1.82) is 5.26 Å². The van der Waals surface area contributed by atoms with Gasteiger partial charge in [0.05, 0.1) is 11.6 Å². The van der Waals surface area contributed by atoms with Gasteiger partial charge < -0.3 is 14.9 Å². The van der Waals surface area contributed by atoms with Crippen molar-refractivity contribution in [3.63, 3.8) is 0 Å². The summed E-state index contributed by atoms with van der Waals surface area (Å²) in [5.74, 6) is -0.263. The zero-order chi connectivity index (χ0) is 12.9. The van der Waals surface area contributed by atoms with Crippen molar-refractivity contribution in [3.05, 3.63) is 29.8 Å². The van der Waals surface area contributed by atoms with Crippen molar-refractivity contribution in [1.82, 2.24) is 0 Å². The highest BCUT2D eigenvalue weighted by Gasteiger charge is 2.30. The number of ketones is 1. The number of nitriles is 1. The smallest absolute Gasteiger partial charge is 0.192 e. The molecule has 5 heteroatoms. The van der Waals surface area contributed by atoms with Crippen molar-refractivity contribution in [2.45, 2.75) is 12.5 Å². The molecule has 0 aliphatic heterocycles. The van der Waals surface area contributed by atoms with E-state index in [4.69, 9.17) is 15.1 Å². The van der Waals surface area contributed by atoms with Crippen LogP contribution in [0.5, 0.6) is 5.75 Å². The molecular weight excluding hydrogens is 222 g/mol. The van der Waals surface area contributed by atoms with E-state index in [1.54, 1.807) is 24.3 Å². The molecular formula is C12H13NO4. The summed E-state index contributed by atoms with van der Waals surface area (Å²) in [4.78, 5) is 11.1. The number of hydrogen-bond donors (Lipinski definition) is 2. The van der Waals surface area contributed by atoms with Crippen LogP contribution in [0.4, 0.5) is 0 Å². The topological polar surface area (TPSA) is 90.5 Å². The Labute approximate surface area is 98.9 Å². The van der Waals surface area contributed by atoms with Gasteiger partial charge in [-0.1, -0.05) is 0 Å². The Bertz CT molecular complexity index is 431. The van der Waals surface area contributed by atoms with Crippen molar-refractivity contribution in [2.75, 3.05) is 13.2 Å². The summed E-state index contributed by atoms with van der Waals surface area (Å²) in [6.45, 7) is 0.289. The predicted molar refractivity (Wildman–Crippen MR) is 59.4 cm³/mol. The van der Waals surface area contributed by atoms with Crippen LogP contribution in [0.2, 0.25) is 0 Å². The average Bonchev–Trinajstić information content (AvgIpc) is 2.36. The Morgan fingerprint density at radius 3 is 2.53 bits per heavy atom. The largest absolute Gasteiger partial charge is 0.490 e. The highest BCUT2D eigenvalue weighted by Crippen LogP contribution is 2.14. The Morgan fingerprint density at radius 2 is 2.06 bits per heavy atom. The summed E-state index contributed by atoms with van der Waals surface area (Å²) in [6, 6.07) is 8.23. The summed E-state index contributed by atoms with van der Waals surface area (Å²) >= 11 is 0. The maximum absolute atomic E-state index is 11.1. The number of carbonyl (C=O) groups is 1. The third-order valence-electron chi connectivity index (χ3n) is 2.25. The van der Waals surface area contributed by atoms with E-state index < -0.39 is 18.0 Å². The van der Waals surface area contributed by atoms with Gasteiger partial charge in [-0.25, -0.2) is 0 Å². The van der Waals surface area contributed by atoms with Crippen LogP contribution in [-0.4, -0.2) is 34.8 Å². The number of rotatable bonds is 5. The number of hydrogen-bond acceptors (Lipinski definition) is 5. The number of aliphatic hydroxyl groups is 2. The number of benzene rings is 1. The van der Waals surface area contributed by atoms with Gasteiger partial charge in [-0.05, 0) is 31.2 Å². The Kier molecular flexibility index (Phi) is 4.21. The molecule has 0 heterocycles. The molecule has 1 aromatic rings. The molecule has 0 spiro atoms. The lowest BCUT2D eigenvalue weighted by Gasteiger charge is -2.20. The lowest BCUT2D eigenvalue weighted by atomic mass is 10.0. The van der Waals surface area contributed by atoms with Gasteiger partial charge in [0.1, 0.15) is 19.0 Å². The minimum absolute atomic E-state index is 0.252. The molecule has 0 amide bonds. The fourth-order valence-corrected chi connectivity index (χ4v) is 1.10. The Morgan fingerprint density at radius 1 is 1.47 bits per heavy atom. The first-order valence-electron chi connectivity index (χ1n) is 4.99. The van der Waals surface area contributed by atoms with E-state index in [0.29, 0.717) is 11.3 Å². The molecule has 1 rings (SSSR count). The van der Waals surface area contributed by atoms with E-state index in [9.17, 15) is 9.90 Å². The molecule has 0 saturated heterocycles. The molecule has 0 aliphatic carbocycles. The van der Waals surface area contributed by atoms with Crippen LogP contribution in [0.25, 0.3) is 0 Å². The van der Waals surface area contributed by atoms with E-state index in [-0.39, 0.29) is 6.61 Å². The van der Waals surface area contributed by atoms with E-state index in [2.05, 4.69) is 0 Å². The number of Topliss-reactive ketones (excluding diaryl/α,β-unsaturated/α-hetero) is 1. The van der Waals surface area contributed by atoms with E-state index in [1.807, 2.05) is 6.07 Å². The molecule has 0 saturated carbocycles. The van der Waals surface area contributed by atoms with Gasteiger partial charge >= 0.3 is 0 Å². The van der Waals surface area contributed by atoms with E-state index >= 15 is 0 Å². The maximum Gasteiger partial charge on any atom is 0.192 e. The Hall–Kier alpha value is -1.90. The molecule has 0 bridgehead atoms. The summed E-state index contributed by atoms with van der Waals surface area (Å²) in [5, 5.41) is 26.9. The normalized spacial score (nSPS) is 13.5. The second kappa shape index (κ2) is 5.43. The van der Waals surface area contributed by atoms with Gasteiger partial charge in [0.15, 0.2) is 11.4 Å². The van der Waals surface area contributed by atoms with Gasteiger partial charge in [-0.2, -0.15) is 5.26 Å². The van der Waals surface area contributed by atoms with Crippen molar-refractivity contribution < 1.29 is 19.7 Å². The van der Waals surface area contributed by atoms with Crippen LogP contribution in [0.15, 0.2) is 24.3 Å². The fourth-order valence-electron chi connectivity index (χ4n) is 1.10. The highest BCUT2D eigenvalue weighted by molar-refractivity contribution is 5.87. The summed E-state index contributed by atoms with van der Waals surface area (Å²) < 4.78 is 5.20. The van der Waals surface area contributed by atoms with Crippen molar-refractivity contribution in [3.8, 4) is 11.8 Å². The molecule has 1 atom stereocenters. The van der Waals surface area contributed by atoms with Gasteiger partial charge in [0.2, 0.25) is 0 Å². The minimum atomic E-state index is -1.72. The molecule has 0 radical (unpaired) electrons. The van der Waals surface area contributed by atoms with Crippen LogP contribution >= 0.6 is 0 Å². The zero-order valence-electron chi connectivity index (χ0n) is 9.38. The first-order chi connectivity index (χ1) is 7.99. The lowest BCUT2D eigenvalue weighted by molar-refractivity contribution is -0.141. The maximum atomic E-state index is 11.1. The molecule has 0 aromatic heterocycles. The SMILES string of the molecule is C[C@](O)(COc1ccc(C#N)cc1)C(=O)CO. The molecule has 90 valence electrons. The molecule has 0 unspecified atom stereocenters. The average molecular weight is 235 g/mol. The zero-order valence-corrected chi connectivity index (χ0v) is 9.38. The monoisotopic (exact) mass is 235 g/mol. The molecule has 2 N–H and O–H groups in total. The van der Waals surface area contributed by atoms with Gasteiger partial charge in [-0.3, -0.25) is 4.79 Å². The molecule has 17 heavy (non-hydrogen) atoms. The van der Waals surface area contributed by atoms with E-state index in [1.165, 1.54) is 6.92 Å². The third kappa shape index (κ3) is 3.55. The summed E-state index contributed by atoms with van der Waals surface area (Å²) in [7, 11) is 0. The number of nitrogens with zero attached hydrogens (tertiary/aromatic N) is 1. The second-order valence-electron chi connectivity index (χ2n) is 3.78. The predicted octanol–water partition coefficient (Wildman–Crippen LogP) is 0.249. The molecule has 1 aromatic carbocycles. The first-order valence-corrected chi connectivity index (χ1v) is 4.99. The summed E-state index contributed by atoms with van der Waals surface area (Å²) in [6.07, 6.45) is 0. The number of ether oxygens (including phenoxy) is 1. The van der Waals surface area contributed by atoms with Crippen LogP contribution < -0.4 is 4.74 Å². The number of aliphatic hydroxyl groups excluding tert-OH is 1. The number of carbonyl (C=O) groups excluding carboxylic acids is 1. The third-order valence-corrected chi connectivity index (χ3v) is 2.25. The molecule has 5 nitrogen and oxygen atoms in total. The van der Waals surface area contributed by atoms with Crippen LogP contribution in [-0.2, 0) is 4.79 Å². The van der Waals surface area contributed by atoms with Crippen LogP contribution in [0.1, 0.15) is 12.5 Å². The van der Waals surface area contributed by atoms with Gasteiger partial charge in [0.25, 0.3) is 0 Å². The lowest BCUT2D eigenvalue weighted by Crippen LogP contribution is -2.42. The fraction of sp³-hybridized carbons (Fsp3) is 0.333. The second-order valence-corrected chi connectivity index (χ2v) is 3.78. The van der Waals surface area contributed by atoms with Crippen molar-refractivity contribution >= 4 is 5.78 Å². The van der Waals surface area contributed by atoms with Crippen LogP contribution in [0, 0.1) is 11.3 Å². The van der Waals surface area contributed by atoms with Gasteiger partial charge in [-0.15, -0.1) is 0 Å². The molecule has 0 aliphatic rings. The van der Waals surface area contributed by atoms with Crippen molar-refractivity contribution in [2.24, 2.45) is 0 Å². The Balaban J connectivity index is 2.61. The van der Waals surface area contributed by atoms with E-state index in [0.717, 1.165) is 0 Å². The highest BCUT2D eigenvalue weighted by atomic mass is 16.5. The molecule has 0 fully saturated rings. The first kappa shape index (κ1) is 13.2. The van der Waals surface area contributed by atoms with Gasteiger partial charge in [0, 0.05) is 0 Å². The quantitative estimate of drug-likeness (QED) is 0.763. The standard InChI is InChI=1S/C12H13NO4/c1-12(16,11(15)7-14)8-17-10-4-2-9(6-13)3-5-10/h2-5,14,16H,7-8H2,1H3/t12-/m0/s1. The summed E-state index contributed by atoms with van der Waals surface area (Å²) in [5.41, 5.74) is -1.22.